The van der Waals surface area contributed by atoms with Crippen LogP contribution in [0.4, 0.5) is 0 Å². The topological polar surface area (TPSA) is 69.6 Å². The molecular weight excluding hydrogens is 334 g/mol. The highest BCUT2D eigenvalue weighted by Gasteiger charge is 2.16. The molecule has 0 amide bonds. The Morgan fingerprint density at radius 3 is 3.04 bits per heavy atom. The third-order valence-electron chi connectivity index (χ3n) is 3.44. The van der Waals surface area contributed by atoms with Gasteiger partial charge in [-0.25, -0.2) is 9.78 Å². The highest BCUT2D eigenvalue weighted by Crippen LogP contribution is 2.31. The lowest BCUT2D eigenvalue weighted by Gasteiger charge is -1.97. The molecule has 0 aliphatic heterocycles. The molecule has 3 aromatic heterocycles. The van der Waals surface area contributed by atoms with Gasteiger partial charge >= 0.3 is 5.97 Å². The number of carbonyl (C=O) groups excluding carboxylic acids is 1. The molecule has 23 heavy (non-hydrogen) atoms. The average molecular weight is 345 g/mol. The summed E-state index contributed by atoms with van der Waals surface area (Å²) in [6.07, 6.45) is 3.72. The smallest absolute Gasteiger partial charge is 0.337 e. The Morgan fingerprint density at radius 1 is 1.39 bits per heavy atom. The molecule has 0 radical (unpaired) electrons. The van der Waals surface area contributed by atoms with Crippen molar-refractivity contribution in [3.05, 3.63) is 36.0 Å². The molecule has 0 N–H and O–H groups in total. The van der Waals surface area contributed by atoms with Gasteiger partial charge in [0.25, 0.3) is 0 Å². The van der Waals surface area contributed by atoms with Crippen molar-refractivity contribution in [1.29, 1.82) is 0 Å². The van der Waals surface area contributed by atoms with Crippen LogP contribution in [0.25, 0.3) is 27.4 Å². The summed E-state index contributed by atoms with van der Waals surface area (Å²) in [6, 6.07) is 7.14. The molecule has 0 unspecified atom stereocenters. The number of imidazole rings is 1. The lowest BCUT2D eigenvalue weighted by Crippen LogP contribution is -1.99. The summed E-state index contributed by atoms with van der Waals surface area (Å²) in [5.41, 5.74) is 1.86. The van der Waals surface area contributed by atoms with E-state index in [9.17, 15) is 4.79 Å². The van der Waals surface area contributed by atoms with Crippen LogP contribution < -0.4 is 0 Å². The van der Waals surface area contributed by atoms with Gasteiger partial charge in [-0.2, -0.15) is 4.52 Å². The number of esters is 1. The standard InChI is InChI=1S/C15H11N3O3S2/c1-20-13(19)9-4-3-8-5-12(21-11(8)6-9)10-7-16-14-18(10)17-15(22-2)23-14/h3-7H,1-2H3. The number of rotatable bonds is 3. The normalized spacial score (nSPS) is 11.4. The summed E-state index contributed by atoms with van der Waals surface area (Å²) >= 11 is 3.11. The Labute approximate surface area is 139 Å². The molecule has 1 aromatic carbocycles. The van der Waals surface area contributed by atoms with E-state index in [0.29, 0.717) is 16.9 Å². The number of hydrogen-bond acceptors (Lipinski definition) is 7. The van der Waals surface area contributed by atoms with Crippen molar-refractivity contribution in [2.45, 2.75) is 4.34 Å². The lowest BCUT2D eigenvalue weighted by molar-refractivity contribution is 0.0601. The molecule has 0 spiro atoms. The third-order valence-corrected chi connectivity index (χ3v) is 5.33. The fourth-order valence-electron chi connectivity index (χ4n) is 2.33. The van der Waals surface area contributed by atoms with E-state index in [0.717, 1.165) is 20.4 Å². The second-order valence-electron chi connectivity index (χ2n) is 4.76. The molecule has 4 rings (SSSR count). The van der Waals surface area contributed by atoms with Crippen LogP contribution in [0.2, 0.25) is 0 Å². The maximum absolute atomic E-state index is 11.6. The van der Waals surface area contributed by atoms with E-state index >= 15 is 0 Å². The summed E-state index contributed by atoms with van der Waals surface area (Å²) in [5.74, 6) is 0.271. The monoisotopic (exact) mass is 345 g/mol. The van der Waals surface area contributed by atoms with Gasteiger partial charge in [-0.15, -0.1) is 5.10 Å². The first-order chi connectivity index (χ1) is 11.2. The number of thioether (sulfide) groups is 1. The lowest BCUT2D eigenvalue weighted by atomic mass is 10.1. The van der Waals surface area contributed by atoms with Crippen LogP contribution in [0.1, 0.15) is 10.4 Å². The molecular formula is C15H11N3O3S2. The summed E-state index contributed by atoms with van der Waals surface area (Å²) in [5, 5.41) is 5.40. The number of nitrogens with zero attached hydrogens (tertiary/aromatic N) is 3. The first-order valence-electron chi connectivity index (χ1n) is 6.70. The fourth-order valence-corrected chi connectivity index (χ4v) is 3.66. The molecule has 0 aliphatic rings. The highest BCUT2D eigenvalue weighted by atomic mass is 32.2. The zero-order chi connectivity index (χ0) is 16.0. The van der Waals surface area contributed by atoms with E-state index in [2.05, 4.69) is 10.1 Å². The number of ether oxygens (including phenoxy) is 1. The van der Waals surface area contributed by atoms with Crippen LogP contribution >= 0.6 is 23.1 Å². The minimum absolute atomic E-state index is 0.388. The molecule has 0 fully saturated rings. The van der Waals surface area contributed by atoms with Crippen molar-refractivity contribution in [3.8, 4) is 11.5 Å². The molecule has 0 saturated heterocycles. The molecule has 0 saturated carbocycles. The summed E-state index contributed by atoms with van der Waals surface area (Å²) < 4.78 is 13.3. The van der Waals surface area contributed by atoms with Gasteiger partial charge in [0, 0.05) is 5.39 Å². The minimum atomic E-state index is -0.388. The Hall–Kier alpha value is -2.32. The zero-order valence-electron chi connectivity index (χ0n) is 12.3. The summed E-state index contributed by atoms with van der Waals surface area (Å²) in [7, 11) is 1.36. The van der Waals surface area contributed by atoms with Crippen LogP contribution in [-0.4, -0.2) is 33.9 Å². The van der Waals surface area contributed by atoms with Gasteiger partial charge in [0.05, 0.1) is 18.9 Å². The van der Waals surface area contributed by atoms with Crippen LogP contribution in [0, 0.1) is 0 Å². The SMILES string of the molecule is COC(=O)c1ccc2cc(-c3cnc4sc(SC)nn34)oc2c1. The molecule has 0 aliphatic carbocycles. The van der Waals surface area contributed by atoms with Crippen LogP contribution in [-0.2, 0) is 4.74 Å². The number of benzene rings is 1. The van der Waals surface area contributed by atoms with Crippen molar-refractivity contribution in [2.75, 3.05) is 13.4 Å². The number of carbonyl (C=O) groups is 1. The molecule has 116 valence electrons. The Balaban J connectivity index is 1.84. The number of hydrogen-bond donors (Lipinski definition) is 0. The third kappa shape index (κ3) is 2.30. The largest absolute Gasteiger partial charge is 0.465 e. The summed E-state index contributed by atoms with van der Waals surface area (Å²) in [6.45, 7) is 0. The van der Waals surface area contributed by atoms with Gasteiger partial charge in [-0.3, -0.25) is 0 Å². The van der Waals surface area contributed by atoms with Crippen molar-refractivity contribution in [1.82, 2.24) is 14.6 Å². The van der Waals surface area contributed by atoms with Gasteiger partial charge in [0.1, 0.15) is 11.3 Å². The molecule has 8 heteroatoms. The van der Waals surface area contributed by atoms with Crippen molar-refractivity contribution >= 4 is 45.0 Å². The van der Waals surface area contributed by atoms with E-state index in [-0.39, 0.29) is 5.97 Å². The van der Waals surface area contributed by atoms with E-state index < -0.39 is 0 Å². The molecule has 0 atom stereocenters. The van der Waals surface area contributed by atoms with Crippen molar-refractivity contribution in [2.24, 2.45) is 0 Å². The Bertz CT molecular complexity index is 1030. The second-order valence-corrected chi connectivity index (χ2v) is 6.77. The van der Waals surface area contributed by atoms with Gasteiger partial charge < -0.3 is 9.15 Å². The van der Waals surface area contributed by atoms with Gasteiger partial charge in [0.15, 0.2) is 10.1 Å². The molecule has 6 nitrogen and oxygen atoms in total. The highest BCUT2D eigenvalue weighted by molar-refractivity contribution is 8.00. The maximum atomic E-state index is 11.6. The Morgan fingerprint density at radius 2 is 2.26 bits per heavy atom. The fraction of sp³-hybridized carbons (Fsp3) is 0.133. The van der Waals surface area contributed by atoms with Gasteiger partial charge in [-0.1, -0.05) is 29.2 Å². The zero-order valence-corrected chi connectivity index (χ0v) is 13.9. The first-order valence-corrected chi connectivity index (χ1v) is 8.74. The molecule has 0 bridgehead atoms. The number of fused-ring (bicyclic) bond motifs is 2. The van der Waals surface area contributed by atoms with E-state index in [4.69, 9.17) is 9.15 Å². The van der Waals surface area contributed by atoms with E-state index in [1.807, 2.05) is 18.4 Å². The van der Waals surface area contributed by atoms with Crippen LogP contribution in [0.5, 0.6) is 0 Å². The quantitative estimate of drug-likeness (QED) is 0.416. The Kier molecular flexibility index (Phi) is 3.35. The average Bonchev–Trinajstić information content (AvgIpc) is 3.25. The number of methoxy groups -OCH3 is 1. The van der Waals surface area contributed by atoms with Crippen molar-refractivity contribution in [3.63, 3.8) is 0 Å². The predicted octanol–water partition coefficient (Wildman–Crippen LogP) is 3.71. The number of aromatic nitrogens is 3. The minimum Gasteiger partial charge on any atom is -0.465 e. The predicted molar refractivity (Wildman–Crippen MR) is 89.2 cm³/mol. The van der Waals surface area contributed by atoms with Crippen LogP contribution in [0.3, 0.4) is 0 Å². The van der Waals surface area contributed by atoms with E-state index in [1.165, 1.54) is 18.4 Å². The first kappa shape index (κ1) is 14.3. The number of furan rings is 1. The van der Waals surface area contributed by atoms with Crippen LogP contribution in [0.15, 0.2) is 39.2 Å². The van der Waals surface area contributed by atoms with Crippen molar-refractivity contribution < 1.29 is 13.9 Å². The van der Waals surface area contributed by atoms with Gasteiger partial charge in [-0.05, 0) is 24.5 Å². The summed E-state index contributed by atoms with van der Waals surface area (Å²) in [4.78, 5) is 16.8. The maximum Gasteiger partial charge on any atom is 0.337 e. The van der Waals surface area contributed by atoms with E-state index in [1.54, 1.807) is 34.6 Å². The molecule has 4 aromatic rings. The second kappa shape index (κ2) is 5.39. The molecule has 3 heterocycles. The van der Waals surface area contributed by atoms with Gasteiger partial charge in [0.2, 0.25) is 4.96 Å².